The summed E-state index contributed by atoms with van der Waals surface area (Å²) in [5.74, 6) is -0.0189. The van der Waals surface area contributed by atoms with Crippen LogP contribution in [0.3, 0.4) is 0 Å². The summed E-state index contributed by atoms with van der Waals surface area (Å²) in [4.78, 5) is 14.4. The van der Waals surface area contributed by atoms with Crippen molar-refractivity contribution in [3.05, 3.63) is 35.6 Å². The van der Waals surface area contributed by atoms with E-state index < -0.39 is 0 Å². The van der Waals surface area contributed by atoms with Crippen LogP contribution in [0.5, 0.6) is 0 Å². The van der Waals surface area contributed by atoms with E-state index in [4.69, 9.17) is 0 Å². The zero-order chi connectivity index (χ0) is 14.4. The highest BCUT2D eigenvalue weighted by Gasteiger charge is 2.25. The van der Waals surface area contributed by atoms with Crippen LogP contribution in [-0.2, 0) is 11.2 Å². The average Bonchev–Trinajstić information content (AvgIpc) is 2.97. The number of hydrogen-bond acceptors (Lipinski definition) is 2. The Morgan fingerprint density at radius 2 is 2.15 bits per heavy atom. The molecule has 0 aliphatic carbocycles. The molecule has 1 saturated heterocycles. The molecule has 1 unspecified atom stereocenters. The number of carbonyl (C=O) groups is 1. The molecule has 0 saturated carbocycles. The predicted molar refractivity (Wildman–Crippen MR) is 78.0 cm³/mol. The lowest BCUT2D eigenvalue weighted by Gasteiger charge is -2.28. The van der Waals surface area contributed by atoms with Gasteiger partial charge in [-0.3, -0.25) is 4.79 Å². The fraction of sp³-hybridized carbons (Fsp3) is 0.562. The van der Waals surface area contributed by atoms with Gasteiger partial charge in [-0.1, -0.05) is 19.1 Å². The molecule has 1 amide bonds. The van der Waals surface area contributed by atoms with E-state index in [0.29, 0.717) is 18.9 Å². The minimum absolute atomic E-state index is 0.213. The number of rotatable bonds is 6. The number of carbonyl (C=O) groups excluding carboxylic acids is 1. The minimum Gasteiger partial charge on any atom is -0.338 e. The van der Waals surface area contributed by atoms with Crippen LogP contribution in [0.1, 0.15) is 31.7 Å². The van der Waals surface area contributed by atoms with Crippen molar-refractivity contribution in [3.63, 3.8) is 0 Å². The summed E-state index contributed by atoms with van der Waals surface area (Å²) in [6, 6.07) is 6.75. The number of nitrogens with one attached hydrogen (secondary N) is 1. The van der Waals surface area contributed by atoms with Gasteiger partial charge < -0.3 is 10.2 Å². The zero-order valence-corrected chi connectivity index (χ0v) is 12.1. The topological polar surface area (TPSA) is 32.3 Å². The lowest BCUT2D eigenvalue weighted by atomic mass is 10.1. The Labute approximate surface area is 120 Å². The quantitative estimate of drug-likeness (QED) is 0.866. The van der Waals surface area contributed by atoms with E-state index in [9.17, 15) is 9.18 Å². The first-order chi connectivity index (χ1) is 9.70. The second kappa shape index (κ2) is 7.39. The maximum Gasteiger partial charge on any atom is 0.223 e. The van der Waals surface area contributed by atoms with Crippen LogP contribution in [-0.4, -0.2) is 36.5 Å². The van der Waals surface area contributed by atoms with Crippen LogP contribution < -0.4 is 5.32 Å². The summed E-state index contributed by atoms with van der Waals surface area (Å²) in [6.45, 7) is 4.83. The molecule has 0 radical (unpaired) electrons. The number of benzene rings is 1. The fourth-order valence-electron chi connectivity index (χ4n) is 2.70. The van der Waals surface area contributed by atoms with Crippen molar-refractivity contribution in [2.24, 2.45) is 0 Å². The van der Waals surface area contributed by atoms with Crippen LogP contribution in [0.15, 0.2) is 24.3 Å². The lowest BCUT2D eigenvalue weighted by molar-refractivity contribution is -0.133. The zero-order valence-electron chi connectivity index (χ0n) is 12.1. The normalized spacial score (nSPS) is 18.2. The van der Waals surface area contributed by atoms with Crippen LogP contribution in [0.4, 0.5) is 4.39 Å². The van der Waals surface area contributed by atoms with E-state index in [1.165, 1.54) is 12.1 Å². The van der Waals surface area contributed by atoms with Crippen LogP contribution >= 0.6 is 0 Å². The van der Waals surface area contributed by atoms with Gasteiger partial charge in [0.25, 0.3) is 0 Å². The van der Waals surface area contributed by atoms with Crippen molar-refractivity contribution in [1.82, 2.24) is 10.2 Å². The fourth-order valence-corrected chi connectivity index (χ4v) is 2.70. The van der Waals surface area contributed by atoms with Gasteiger partial charge >= 0.3 is 0 Å². The molecule has 0 bridgehead atoms. The summed E-state index contributed by atoms with van der Waals surface area (Å²) in [7, 11) is 0. The Balaban J connectivity index is 1.89. The highest BCUT2D eigenvalue weighted by molar-refractivity contribution is 5.76. The molecular weight excluding hydrogens is 255 g/mol. The molecule has 1 aromatic rings. The smallest absolute Gasteiger partial charge is 0.223 e. The molecule has 20 heavy (non-hydrogen) atoms. The Kier molecular flexibility index (Phi) is 5.53. The molecule has 1 heterocycles. The third kappa shape index (κ3) is 4.04. The van der Waals surface area contributed by atoms with E-state index in [1.807, 2.05) is 4.90 Å². The minimum atomic E-state index is -0.232. The lowest BCUT2D eigenvalue weighted by Crippen LogP contribution is -2.42. The van der Waals surface area contributed by atoms with E-state index in [-0.39, 0.29) is 11.7 Å². The molecule has 2 rings (SSSR count). The molecule has 1 aliphatic rings. The number of aryl methyl sites for hydroxylation is 1. The van der Waals surface area contributed by atoms with Gasteiger partial charge in [-0.05, 0) is 43.5 Å². The first-order valence-electron chi connectivity index (χ1n) is 7.45. The molecule has 1 N–H and O–H groups in total. The number of halogens is 1. The largest absolute Gasteiger partial charge is 0.338 e. The summed E-state index contributed by atoms with van der Waals surface area (Å²) < 4.78 is 12.8. The monoisotopic (exact) mass is 278 g/mol. The SMILES string of the molecule is CCCN(C(=O)CCc1ccc(F)cc1)C1CCNC1. The average molecular weight is 278 g/mol. The molecule has 110 valence electrons. The van der Waals surface area contributed by atoms with Gasteiger partial charge in [-0.25, -0.2) is 4.39 Å². The summed E-state index contributed by atoms with van der Waals surface area (Å²) in [5, 5.41) is 3.31. The van der Waals surface area contributed by atoms with Gasteiger partial charge in [-0.15, -0.1) is 0 Å². The first kappa shape index (κ1) is 15.0. The second-order valence-electron chi connectivity index (χ2n) is 5.36. The van der Waals surface area contributed by atoms with Crippen LogP contribution in [0.2, 0.25) is 0 Å². The predicted octanol–water partition coefficient (Wildman–Crippen LogP) is 2.36. The standard InChI is InChI=1S/C16H23FN2O/c1-2-11-19(15-9-10-18-12-15)16(20)8-5-13-3-6-14(17)7-4-13/h3-4,6-7,15,18H,2,5,8-12H2,1H3. The molecule has 0 spiro atoms. The summed E-state index contributed by atoms with van der Waals surface area (Å²) in [6.07, 6.45) is 3.21. The van der Waals surface area contributed by atoms with Crippen molar-refractivity contribution in [3.8, 4) is 0 Å². The van der Waals surface area contributed by atoms with Gasteiger partial charge in [0.1, 0.15) is 5.82 Å². The number of hydrogen-bond donors (Lipinski definition) is 1. The molecule has 1 aromatic carbocycles. The molecule has 1 atom stereocenters. The second-order valence-corrected chi connectivity index (χ2v) is 5.36. The van der Waals surface area contributed by atoms with Gasteiger partial charge in [0, 0.05) is 25.6 Å². The van der Waals surface area contributed by atoms with E-state index >= 15 is 0 Å². The third-order valence-corrected chi connectivity index (χ3v) is 3.80. The first-order valence-corrected chi connectivity index (χ1v) is 7.45. The maximum absolute atomic E-state index is 12.8. The maximum atomic E-state index is 12.8. The number of nitrogens with zero attached hydrogens (tertiary/aromatic N) is 1. The highest BCUT2D eigenvalue weighted by Crippen LogP contribution is 2.13. The van der Waals surface area contributed by atoms with E-state index in [0.717, 1.165) is 38.0 Å². The molecular formula is C16H23FN2O. The summed E-state index contributed by atoms with van der Waals surface area (Å²) >= 11 is 0. The van der Waals surface area contributed by atoms with E-state index in [2.05, 4.69) is 12.2 Å². The van der Waals surface area contributed by atoms with Crippen molar-refractivity contribution in [2.45, 2.75) is 38.6 Å². The Bertz CT molecular complexity index is 427. The Morgan fingerprint density at radius 1 is 1.40 bits per heavy atom. The van der Waals surface area contributed by atoms with Crippen LogP contribution in [0.25, 0.3) is 0 Å². The van der Waals surface area contributed by atoms with Gasteiger partial charge in [0.15, 0.2) is 0 Å². The highest BCUT2D eigenvalue weighted by atomic mass is 19.1. The molecule has 1 aliphatic heterocycles. The van der Waals surface area contributed by atoms with E-state index in [1.54, 1.807) is 12.1 Å². The Morgan fingerprint density at radius 3 is 2.75 bits per heavy atom. The molecule has 3 nitrogen and oxygen atoms in total. The van der Waals surface area contributed by atoms with Crippen molar-refractivity contribution in [1.29, 1.82) is 0 Å². The van der Waals surface area contributed by atoms with Gasteiger partial charge in [0.05, 0.1) is 0 Å². The van der Waals surface area contributed by atoms with Gasteiger partial charge in [0.2, 0.25) is 5.91 Å². The molecule has 0 aromatic heterocycles. The van der Waals surface area contributed by atoms with Crippen molar-refractivity contribution >= 4 is 5.91 Å². The van der Waals surface area contributed by atoms with Crippen molar-refractivity contribution < 1.29 is 9.18 Å². The van der Waals surface area contributed by atoms with Crippen LogP contribution in [0, 0.1) is 5.82 Å². The van der Waals surface area contributed by atoms with Gasteiger partial charge in [-0.2, -0.15) is 0 Å². The third-order valence-electron chi connectivity index (χ3n) is 3.80. The molecule has 4 heteroatoms. The Hall–Kier alpha value is -1.42. The number of amides is 1. The summed E-state index contributed by atoms with van der Waals surface area (Å²) in [5.41, 5.74) is 1.01. The molecule has 1 fully saturated rings. The van der Waals surface area contributed by atoms with Crippen molar-refractivity contribution in [2.75, 3.05) is 19.6 Å².